The van der Waals surface area contributed by atoms with Crippen LogP contribution in [0.25, 0.3) is 6.08 Å². The first kappa shape index (κ1) is 31.5. The summed E-state index contributed by atoms with van der Waals surface area (Å²) in [6.45, 7) is 0. The average Bonchev–Trinajstić information content (AvgIpc) is 3.00. The highest BCUT2D eigenvalue weighted by molar-refractivity contribution is 8.00. The molecule has 0 aliphatic rings. The van der Waals surface area contributed by atoms with E-state index in [1.54, 1.807) is 98.1 Å². The SMILES string of the molecule is COc1ccc(/C=C(\NC(=O)c2ccccc2)C(=O)Nc2ccc(SCC(=O)Nc3cc(Cl)cc(Cl)c3)cc2)c(OC)c1. The molecule has 4 aromatic carbocycles. The lowest BCUT2D eigenvalue weighted by Crippen LogP contribution is -2.30. The second kappa shape index (κ2) is 15.2. The summed E-state index contributed by atoms with van der Waals surface area (Å²) in [6, 6.07) is 25.5. The van der Waals surface area contributed by atoms with Gasteiger partial charge < -0.3 is 25.4 Å². The number of rotatable bonds is 11. The van der Waals surface area contributed by atoms with Crippen LogP contribution in [0.15, 0.2) is 102 Å². The Morgan fingerprint density at radius 2 is 1.49 bits per heavy atom. The molecule has 0 aliphatic heterocycles. The molecule has 3 amide bonds. The normalized spacial score (nSPS) is 10.9. The Kier molecular flexibility index (Phi) is 11.1. The van der Waals surface area contributed by atoms with E-state index in [-0.39, 0.29) is 17.4 Å². The third kappa shape index (κ3) is 9.27. The third-order valence-corrected chi connectivity index (χ3v) is 7.35. The topological polar surface area (TPSA) is 106 Å². The molecule has 11 heteroatoms. The van der Waals surface area contributed by atoms with Crippen LogP contribution in [-0.4, -0.2) is 37.7 Å². The van der Waals surface area contributed by atoms with Crippen LogP contribution in [0.3, 0.4) is 0 Å². The number of thioether (sulfide) groups is 1. The van der Waals surface area contributed by atoms with E-state index in [9.17, 15) is 14.4 Å². The summed E-state index contributed by atoms with van der Waals surface area (Å²) in [5.41, 5.74) is 1.97. The molecule has 220 valence electrons. The average molecular weight is 637 g/mol. The molecule has 0 unspecified atom stereocenters. The number of anilines is 2. The Bertz CT molecular complexity index is 1630. The number of hydrogen-bond acceptors (Lipinski definition) is 6. The van der Waals surface area contributed by atoms with E-state index in [2.05, 4.69) is 16.0 Å². The number of amides is 3. The molecule has 0 heterocycles. The molecule has 3 N–H and O–H groups in total. The smallest absolute Gasteiger partial charge is 0.272 e. The number of hydrogen-bond donors (Lipinski definition) is 3. The molecule has 0 aliphatic carbocycles. The first-order chi connectivity index (χ1) is 20.7. The van der Waals surface area contributed by atoms with Crippen molar-refractivity contribution in [3.05, 3.63) is 118 Å². The van der Waals surface area contributed by atoms with Gasteiger partial charge in [0.05, 0.1) is 20.0 Å². The van der Waals surface area contributed by atoms with Crippen LogP contribution in [0, 0.1) is 0 Å². The van der Waals surface area contributed by atoms with Gasteiger partial charge in [-0.15, -0.1) is 11.8 Å². The zero-order valence-corrected chi connectivity index (χ0v) is 25.5. The third-order valence-electron chi connectivity index (χ3n) is 5.90. The molecule has 4 aromatic rings. The maximum Gasteiger partial charge on any atom is 0.272 e. The van der Waals surface area contributed by atoms with Crippen molar-refractivity contribution in [2.45, 2.75) is 4.90 Å². The fourth-order valence-electron chi connectivity index (χ4n) is 3.84. The van der Waals surface area contributed by atoms with Crippen LogP contribution in [0.5, 0.6) is 11.5 Å². The minimum absolute atomic E-state index is 0.00793. The zero-order valence-electron chi connectivity index (χ0n) is 23.2. The highest BCUT2D eigenvalue weighted by atomic mass is 35.5. The van der Waals surface area contributed by atoms with Crippen molar-refractivity contribution in [1.82, 2.24) is 5.32 Å². The molecule has 0 saturated carbocycles. The van der Waals surface area contributed by atoms with Gasteiger partial charge in [0.2, 0.25) is 5.91 Å². The van der Waals surface area contributed by atoms with E-state index in [0.717, 1.165) is 4.90 Å². The number of carbonyl (C=O) groups is 3. The lowest BCUT2D eigenvalue weighted by molar-refractivity contribution is -0.114. The van der Waals surface area contributed by atoms with Crippen molar-refractivity contribution in [3.63, 3.8) is 0 Å². The van der Waals surface area contributed by atoms with E-state index >= 15 is 0 Å². The second-order valence-corrected chi connectivity index (χ2v) is 10.9. The van der Waals surface area contributed by atoms with Gasteiger partial charge in [-0.1, -0.05) is 41.4 Å². The molecule has 4 rings (SSSR count). The van der Waals surface area contributed by atoms with Gasteiger partial charge in [0, 0.05) is 43.5 Å². The van der Waals surface area contributed by atoms with E-state index < -0.39 is 11.8 Å². The summed E-state index contributed by atoms with van der Waals surface area (Å²) in [7, 11) is 3.05. The molecule has 0 fully saturated rings. The van der Waals surface area contributed by atoms with Gasteiger partial charge in [-0.25, -0.2) is 0 Å². The molecule has 0 atom stereocenters. The van der Waals surface area contributed by atoms with Crippen molar-refractivity contribution in [2.24, 2.45) is 0 Å². The standard InChI is InChI=1S/C32H27Cl2N3O5S/c1-41-26-11-8-21(29(18-26)42-2)14-28(37-31(39)20-6-4-3-5-7-20)32(40)36-24-9-12-27(13-10-24)43-19-30(38)35-25-16-22(33)15-23(34)17-25/h3-18H,19H2,1-2H3,(H,35,38)(H,36,40)(H,37,39)/b28-14-. The van der Waals surface area contributed by atoms with Crippen molar-refractivity contribution in [2.75, 3.05) is 30.6 Å². The van der Waals surface area contributed by atoms with Crippen molar-refractivity contribution in [3.8, 4) is 11.5 Å². The quantitative estimate of drug-likeness (QED) is 0.119. The summed E-state index contributed by atoms with van der Waals surface area (Å²) in [5.74, 6) is -0.0156. The van der Waals surface area contributed by atoms with Crippen molar-refractivity contribution in [1.29, 1.82) is 0 Å². The van der Waals surface area contributed by atoms with Crippen LogP contribution >= 0.6 is 35.0 Å². The van der Waals surface area contributed by atoms with Crippen LogP contribution in [-0.2, 0) is 9.59 Å². The number of methoxy groups -OCH3 is 2. The Hall–Kier alpha value is -4.44. The molecule has 0 bridgehead atoms. The molecular formula is C32H27Cl2N3O5S. The summed E-state index contributed by atoms with van der Waals surface area (Å²) in [6.07, 6.45) is 1.53. The number of ether oxygens (including phenoxy) is 2. The maximum absolute atomic E-state index is 13.4. The monoisotopic (exact) mass is 635 g/mol. The Morgan fingerprint density at radius 1 is 0.791 bits per heavy atom. The lowest BCUT2D eigenvalue weighted by Gasteiger charge is -2.13. The van der Waals surface area contributed by atoms with Gasteiger partial charge in [0.1, 0.15) is 17.2 Å². The van der Waals surface area contributed by atoms with E-state index in [1.165, 1.54) is 24.9 Å². The molecule has 0 aromatic heterocycles. The Balaban J connectivity index is 1.45. The number of halogens is 2. The highest BCUT2D eigenvalue weighted by Crippen LogP contribution is 2.27. The van der Waals surface area contributed by atoms with Gasteiger partial charge in [-0.2, -0.15) is 0 Å². The van der Waals surface area contributed by atoms with Crippen molar-refractivity contribution < 1.29 is 23.9 Å². The zero-order chi connectivity index (χ0) is 30.8. The number of benzene rings is 4. The van der Waals surface area contributed by atoms with Gasteiger partial charge in [-0.3, -0.25) is 14.4 Å². The molecule has 43 heavy (non-hydrogen) atoms. The highest BCUT2D eigenvalue weighted by Gasteiger charge is 2.17. The largest absolute Gasteiger partial charge is 0.497 e. The number of nitrogens with one attached hydrogen (secondary N) is 3. The lowest BCUT2D eigenvalue weighted by atomic mass is 10.1. The van der Waals surface area contributed by atoms with Gasteiger partial charge in [-0.05, 0) is 72.8 Å². The van der Waals surface area contributed by atoms with Gasteiger partial charge in [0.25, 0.3) is 11.8 Å². The predicted octanol–water partition coefficient (Wildman–Crippen LogP) is 7.15. The summed E-state index contributed by atoms with van der Waals surface area (Å²) in [4.78, 5) is 39.5. The van der Waals surface area contributed by atoms with Crippen LogP contribution in [0.2, 0.25) is 10.0 Å². The Labute approximate surface area is 263 Å². The Morgan fingerprint density at radius 3 is 2.14 bits per heavy atom. The predicted molar refractivity (Wildman–Crippen MR) is 172 cm³/mol. The molecule has 0 radical (unpaired) electrons. The first-order valence-electron chi connectivity index (χ1n) is 12.8. The fourth-order valence-corrected chi connectivity index (χ4v) is 5.06. The minimum atomic E-state index is -0.540. The van der Waals surface area contributed by atoms with Crippen LogP contribution in [0.4, 0.5) is 11.4 Å². The minimum Gasteiger partial charge on any atom is -0.497 e. The molecular weight excluding hydrogens is 609 g/mol. The fraction of sp³-hybridized carbons (Fsp3) is 0.0938. The number of carbonyl (C=O) groups excluding carboxylic acids is 3. The molecule has 0 saturated heterocycles. The maximum atomic E-state index is 13.4. The summed E-state index contributed by atoms with van der Waals surface area (Å²) >= 11 is 13.3. The second-order valence-electron chi connectivity index (χ2n) is 8.96. The van der Waals surface area contributed by atoms with Crippen LogP contribution in [0.1, 0.15) is 15.9 Å². The van der Waals surface area contributed by atoms with Crippen LogP contribution < -0.4 is 25.4 Å². The summed E-state index contributed by atoms with van der Waals surface area (Å²) in [5, 5.41) is 9.14. The van der Waals surface area contributed by atoms with E-state index in [4.69, 9.17) is 32.7 Å². The van der Waals surface area contributed by atoms with E-state index in [0.29, 0.717) is 44.0 Å². The van der Waals surface area contributed by atoms with Crippen molar-refractivity contribution >= 4 is 70.1 Å². The summed E-state index contributed by atoms with van der Waals surface area (Å²) < 4.78 is 10.7. The van der Waals surface area contributed by atoms with Gasteiger partial charge in [0.15, 0.2) is 0 Å². The molecule has 0 spiro atoms. The van der Waals surface area contributed by atoms with E-state index in [1.807, 2.05) is 0 Å². The van der Waals surface area contributed by atoms with Gasteiger partial charge >= 0.3 is 0 Å². The molecule has 8 nitrogen and oxygen atoms in total. The first-order valence-corrected chi connectivity index (χ1v) is 14.6.